The van der Waals surface area contributed by atoms with E-state index in [0.29, 0.717) is 5.66 Å². The molecule has 0 radical (unpaired) electrons. The fraction of sp³-hybridized carbons (Fsp3) is 0.107. The van der Waals surface area contributed by atoms with Crippen molar-refractivity contribution < 1.29 is 15.9 Å². The Hall–Kier alpha value is -1.02. The van der Waals surface area contributed by atoms with Crippen LogP contribution in [0, 0.1) is 6.16 Å². The van der Waals surface area contributed by atoms with Crippen molar-refractivity contribution in [3.8, 4) is 0 Å². The van der Waals surface area contributed by atoms with Crippen LogP contribution in [0.15, 0.2) is 121 Å². The fourth-order valence-corrected chi connectivity index (χ4v) is 9.27. The number of benzene rings is 4. The van der Waals surface area contributed by atoms with Gasteiger partial charge in [0.25, 0.3) is 0 Å². The van der Waals surface area contributed by atoms with Crippen molar-refractivity contribution in [2.45, 2.75) is 19.0 Å². The third kappa shape index (κ3) is 8.01. The Labute approximate surface area is 217 Å². The van der Waals surface area contributed by atoms with Crippen LogP contribution < -0.4 is 21.2 Å². The first kappa shape index (κ1) is 26.6. The van der Waals surface area contributed by atoms with Crippen LogP contribution >= 0.6 is 34.9 Å². The molecule has 33 heavy (non-hydrogen) atoms. The normalized spacial score (nSPS) is 11.8. The van der Waals surface area contributed by atoms with Crippen LogP contribution in [0.5, 0.6) is 0 Å². The molecule has 0 aliphatic carbocycles. The van der Waals surface area contributed by atoms with Gasteiger partial charge in [-0.25, -0.2) is 7.92 Å². The molecule has 0 heterocycles. The van der Waals surface area contributed by atoms with Crippen molar-refractivity contribution in [1.82, 2.24) is 0 Å². The number of hydrogen-bond donors (Lipinski definition) is 0. The van der Waals surface area contributed by atoms with Crippen LogP contribution in [0.3, 0.4) is 0 Å². The average Bonchev–Trinajstić information content (AvgIpc) is 2.89. The van der Waals surface area contributed by atoms with Crippen molar-refractivity contribution in [2.75, 3.05) is 0 Å². The first-order valence-corrected chi connectivity index (χ1v) is 17.6. The quantitative estimate of drug-likeness (QED) is 0.111. The van der Waals surface area contributed by atoms with Crippen LogP contribution in [0.1, 0.15) is 13.3 Å². The molecule has 0 fully saturated rings. The second kappa shape index (κ2) is 15.1. The Morgan fingerprint density at radius 1 is 0.606 bits per heavy atom. The molecule has 0 saturated heterocycles. The molecule has 0 aliphatic rings. The SMILES string of the molecule is CCC([CH-]P(c1ccccc1)c1ccccc1)P(c1ccccc1)c1ccccc1.[Cl][Pd][Cl]. The van der Waals surface area contributed by atoms with Gasteiger partial charge in [0, 0.05) is 0 Å². The molecule has 4 rings (SSSR count). The van der Waals surface area contributed by atoms with E-state index < -0.39 is 15.8 Å². The number of halogens is 2. The van der Waals surface area contributed by atoms with Gasteiger partial charge in [-0.1, -0.05) is 153 Å². The van der Waals surface area contributed by atoms with Gasteiger partial charge in [0.1, 0.15) is 0 Å². The van der Waals surface area contributed by atoms with Crippen molar-refractivity contribution in [3.63, 3.8) is 0 Å². The molecule has 4 aromatic rings. The number of rotatable bonds is 8. The molecule has 0 aliphatic heterocycles. The van der Waals surface area contributed by atoms with Gasteiger partial charge in [0.2, 0.25) is 0 Å². The van der Waals surface area contributed by atoms with E-state index in [9.17, 15) is 0 Å². The summed E-state index contributed by atoms with van der Waals surface area (Å²) in [6.45, 7) is 2.34. The zero-order valence-electron chi connectivity index (χ0n) is 18.4. The molecule has 0 nitrogen and oxygen atoms in total. The summed E-state index contributed by atoms with van der Waals surface area (Å²) in [5.41, 5.74) is 0.510. The third-order valence-corrected chi connectivity index (χ3v) is 10.7. The summed E-state index contributed by atoms with van der Waals surface area (Å²) >= 11 is -0.106. The van der Waals surface area contributed by atoms with Crippen molar-refractivity contribution in [2.24, 2.45) is 0 Å². The summed E-state index contributed by atoms with van der Waals surface area (Å²) in [6, 6.07) is 44.2. The van der Waals surface area contributed by atoms with Crippen molar-refractivity contribution in [1.29, 1.82) is 0 Å². The Kier molecular flexibility index (Phi) is 12.1. The molecule has 0 spiro atoms. The molecule has 174 valence electrons. The Bertz CT molecular complexity index is 955. The van der Waals surface area contributed by atoms with Gasteiger partial charge in [-0.05, 0) is 10.6 Å². The molecule has 5 heteroatoms. The molecule has 4 aromatic carbocycles. The fourth-order valence-electron chi connectivity index (χ4n) is 3.73. The molecule has 0 saturated carbocycles. The Morgan fingerprint density at radius 2 is 0.909 bits per heavy atom. The van der Waals surface area contributed by atoms with Gasteiger partial charge in [-0.2, -0.15) is 0 Å². The first-order chi connectivity index (χ1) is 16.3. The van der Waals surface area contributed by atoms with Crippen molar-refractivity contribution in [3.05, 3.63) is 127 Å². The Morgan fingerprint density at radius 3 is 1.21 bits per heavy atom. The molecule has 0 N–H and O–H groups in total. The maximum absolute atomic E-state index is 4.81. The van der Waals surface area contributed by atoms with Crippen LogP contribution in [-0.4, -0.2) is 5.66 Å². The van der Waals surface area contributed by atoms with E-state index >= 15 is 0 Å². The Balaban J connectivity index is 0.000000968. The second-order valence-corrected chi connectivity index (χ2v) is 14.1. The van der Waals surface area contributed by atoms with E-state index in [-0.39, 0.29) is 15.9 Å². The molecule has 1 unspecified atom stereocenters. The van der Waals surface area contributed by atoms with E-state index in [4.69, 9.17) is 19.1 Å². The monoisotopic (exact) mass is 601 g/mol. The van der Waals surface area contributed by atoms with Crippen molar-refractivity contribution >= 4 is 56.1 Å². The van der Waals surface area contributed by atoms with E-state index in [2.05, 4.69) is 134 Å². The van der Waals surface area contributed by atoms with Crippen LogP contribution in [-0.2, 0) is 15.9 Å². The molecule has 0 aromatic heterocycles. The molecular weight excluding hydrogens is 576 g/mol. The second-order valence-electron chi connectivity index (χ2n) is 7.25. The summed E-state index contributed by atoms with van der Waals surface area (Å²) in [5.74, 6) is 0. The van der Waals surface area contributed by atoms with E-state index in [0.717, 1.165) is 6.42 Å². The van der Waals surface area contributed by atoms with Crippen LogP contribution in [0.4, 0.5) is 0 Å². The van der Waals surface area contributed by atoms with Crippen LogP contribution in [0.2, 0.25) is 0 Å². The zero-order valence-corrected chi connectivity index (χ0v) is 23.2. The predicted octanol–water partition coefficient (Wildman–Crippen LogP) is 7.57. The van der Waals surface area contributed by atoms with Gasteiger partial charge in [0.05, 0.1) is 0 Å². The van der Waals surface area contributed by atoms with Gasteiger partial charge in [-0.3, -0.25) is 6.16 Å². The van der Waals surface area contributed by atoms with E-state index in [1.54, 1.807) is 0 Å². The summed E-state index contributed by atoms with van der Waals surface area (Å²) < 4.78 is 0. The van der Waals surface area contributed by atoms with Gasteiger partial charge in [-0.15, -0.1) is 5.66 Å². The average molecular weight is 603 g/mol. The van der Waals surface area contributed by atoms with Crippen LogP contribution in [0.25, 0.3) is 0 Å². The molecular formula is C28H27Cl2P2Pd-. The maximum atomic E-state index is 4.81. The van der Waals surface area contributed by atoms with Gasteiger partial charge in [0.15, 0.2) is 0 Å². The standard InChI is InChI=1S/C28H27P2.2ClH.Pd/c1-2-24(30(27-19-11-5-12-20-27)28-21-13-6-14-22-28)23-29(25-15-7-3-8-16-25)26-17-9-4-10-18-26;;;/h3-24H,2H2,1H3;2*1H;/q-1;;;+2/p-2. The predicted molar refractivity (Wildman–Crippen MR) is 148 cm³/mol. The first-order valence-electron chi connectivity index (χ1n) is 10.7. The summed E-state index contributed by atoms with van der Waals surface area (Å²) in [7, 11) is 8.64. The van der Waals surface area contributed by atoms with E-state index in [1.165, 1.54) is 21.2 Å². The zero-order chi connectivity index (χ0) is 23.3. The topological polar surface area (TPSA) is 0 Å². The molecule has 1 atom stereocenters. The molecule has 0 amide bonds. The minimum absolute atomic E-state index is 0.106. The van der Waals surface area contributed by atoms with Gasteiger partial charge < -0.3 is 0 Å². The summed E-state index contributed by atoms with van der Waals surface area (Å²) in [4.78, 5) is 0. The number of hydrogen-bond acceptors (Lipinski definition) is 0. The summed E-state index contributed by atoms with van der Waals surface area (Å²) in [5, 5.41) is 5.76. The minimum atomic E-state index is -0.518. The van der Waals surface area contributed by atoms with E-state index in [1.807, 2.05) is 0 Å². The molecule has 0 bridgehead atoms. The van der Waals surface area contributed by atoms with Gasteiger partial charge >= 0.3 is 35.0 Å². The summed E-state index contributed by atoms with van der Waals surface area (Å²) in [6.07, 6.45) is 3.81. The third-order valence-electron chi connectivity index (χ3n) is 5.21.